The Balaban J connectivity index is 1.38. The zero-order chi connectivity index (χ0) is 23.1. The maximum atomic E-state index is 14.0. The van der Waals surface area contributed by atoms with E-state index in [1.54, 1.807) is 28.0 Å². The lowest BCUT2D eigenvalue weighted by Gasteiger charge is -2.42. The molecule has 0 bridgehead atoms. The molecule has 3 aliphatic heterocycles. The van der Waals surface area contributed by atoms with Gasteiger partial charge in [0.25, 0.3) is 5.91 Å². The number of morpholine rings is 1. The summed E-state index contributed by atoms with van der Waals surface area (Å²) in [6.07, 6.45) is 1.55. The number of carbonyl (C=O) groups is 2. The van der Waals surface area contributed by atoms with Crippen molar-refractivity contribution in [2.24, 2.45) is 0 Å². The second kappa shape index (κ2) is 8.50. The second-order valence-electron chi connectivity index (χ2n) is 9.11. The molecule has 3 aliphatic rings. The molecule has 2 amide bonds. The van der Waals surface area contributed by atoms with Gasteiger partial charge in [-0.3, -0.25) is 9.59 Å². The molecule has 0 saturated carbocycles. The third kappa shape index (κ3) is 4.02. The Kier molecular flexibility index (Phi) is 5.66. The van der Waals surface area contributed by atoms with Crippen LogP contribution in [0.4, 0.5) is 14.5 Å². The summed E-state index contributed by atoms with van der Waals surface area (Å²) >= 11 is 0. The standard InChI is InChI=1S/C25H26F2N2O4/c26-19-4-6-21(7-5-19)29-17-24(33-15-22(29)30)8-11-28(16-24)23(31)25(9-12-32-13-10-25)18-2-1-3-20(27)14-18/h1-7,14H,8-13,15-17H2/t24-/m0/s1. The van der Waals surface area contributed by atoms with Gasteiger partial charge in [0.2, 0.25) is 5.91 Å². The molecule has 3 heterocycles. The van der Waals surface area contributed by atoms with E-state index in [-0.39, 0.29) is 36.6 Å². The lowest BCUT2D eigenvalue weighted by Crippen LogP contribution is -2.57. The Labute approximate surface area is 191 Å². The van der Waals surface area contributed by atoms with Crippen LogP contribution in [0.15, 0.2) is 48.5 Å². The Morgan fingerprint density at radius 3 is 2.42 bits per heavy atom. The van der Waals surface area contributed by atoms with E-state index in [9.17, 15) is 18.4 Å². The highest BCUT2D eigenvalue weighted by atomic mass is 19.1. The molecule has 0 aliphatic carbocycles. The first-order chi connectivity index (χ1) is 15.9. The number of amides is 2. The summed E-state index contributed by atoms with van der Waals surface area (Å²) in [6, 6.07) is 12.1. The number of benzene rings is 2. The van der Waals surface area contributed by atoms with Crippen LogP contribution < -0.4 is 4.90 Å². The molecule has 3 saturated heterocycles. The molecule has 1 spiro atoms. The first-order valence-electron chi connectivity index (χ1n) is 11.2. The summed E-state index contributed by atoms with van der Waals surface area (Å²) in [5.74, 6) is -0.987. The van der Waals surface area contributed by atoms with E-state index in [2.05, 4.69) is 0 Å². The topological polar surface area (TPSA) is 59.1 Å². The Morgan fingerprint density at radius 2 is 1.70 bits per heavy atom. The van der Waals surface area contributed by atoms with Gasteiger partial charge in [0.05, 0.1) is 18.5 Å². The summed E-state index contributed by atoms with van der Waals surface area (Å²) in [7, 11) is 0. The van der Waals surface area contributed by atoms with Crippen molar-refractivity contribution in [2.75, 3.05) is 44.4 Å². The molecule has 33 heavy (non-hydrogen) atoms. The van der Waals surface area contributed by atoms with Crippen LogP contribution in [0.5, 0.6) is 0 Å². The van der Waals surface area contributed by atoms with E-state index in [0.29, 0.717) is 56.8 Å². The molecule has 0 N–H and O–H groups in total. The highest BCUT2D eigenvalue weighted by Gasteiger charge is 2.51. The number of carbonyl (C=O) groups excluding carboxylic acids is 2. The zero-order valence-corrected chi connectivity index (χ0v) is 18.3. The van der Waals surface area contributed by atoms with Gasteiger partial charge in [-0.15, -0.1) is 0 Å². The van der Waals surface area contributed by atoms with Crippen molar-refractivity contribution in [3.05, 3.63) is 65.7 Å². The lowest BCUT2D eigenvalue weighted by atomic mass is 9.73. The van der Waals surface area contributed by atoms with Gasteiger partial charge in [-0.05, 0) is 61.2 Å². The number of halogens is 2. The van der Waals surface area contributed by atoms with Crippen molar-refractivity contribution in [2.45, 2.75) is 30.3 Å². The summed E-state index contributed by atoms with van der Waals surface area (Å²) in [6.45, 7) is 1.89. The first kappa shape index (κ1) is 22.0. The molecule has 0 radical (unpaired) electrons. The number of rotatable bonds is 3. The van der Waals surface area contributed by atoms with Crippen LogP contribution in [0, 0.1) is 11.6 Å². The average molecular weight is 456 g/mol. The average Bonchev–Trinajstić information content (AvgIpc) is 3.25. The number of ether oxygens (including phenoxy) is 2. The van der Waals surface area contributed by atoms with Gasteiger partial charge in [0.15, 0.2) is 0 Å². The molecule has 2 aromatic carbocycles. The fourth-order valence-corrected chi connectivity index (χ4v) is 5.27. The number of hydrogen-bond donors (Lipinski definition) is 0. The van der Waals surface area contributed by atoms with Crippen molar-refractivity contribution in [1.29, 1.82) is 0 Å². The van der Waals surface area contributed by atoms with Gasteiger partial charge in [0, 0.05) is 25.4 Å². The molecule has 0 aromatic heterocycles. The fraction of sp³-hybridized carbons (Fsp3) is 0.440. The number of likely N-dealkylation sites (tertiary alicyclic amines) is 1. The molecule has 0 unspecified atom stereocenters. The van der Waals surface area contributed by atoms with Crippen molar-refractivity contribution in [3.8, 4) is 0 Å². The molecular weight excluding hydrogens is 430 g/mol. The Bertz CT molecular complexity index is 1050. The quantitative estimate of drug-likeness (QED) is 0.713. The third-order valence-electron chi connectivity index (χ3n) is 7.12. The normalized spacial score (nSPS) is 25.0. The van der Waals surface area contributed by atoms with E-state index in [1.807, 2.05) is 6.07 Å². The highest BCUT2D eigenvalue weighted by Crippen LogP contribution is 2.40. The Hall–Kier alpha value is -2.84. The molecule has 2 aromatic rings. The SMILES string of the molecule is O=C1CO[C@]2(CCN(C(=O)C3(c4cccc(F)c4)CCOCC3)C2)CN1c1ccc(F)cc1. The first-order valence-corrected chi connectivity index (χ1v) is 11.2. The molecule has 3 fully saturated rings. The van der Waals surface area contributed by atoms with Crippen molar-refractivity contribution in [3.63, 3.8) is 0 Å². The van der Waals surface area contributed by atoms with Crippen LogP contribution in [-0.2, 0) is 24.5 Å². The highest BCUT2D eigenvalue weighted by molar-refractivity contribution is 5.95. The maximum absolute atomic E-state index is 14.0. The van der Waals surface area contributed by atoms with Crippen molar-refractivity contribution >= 4 is 17.5 Å². The summed E-state index contributed by atoms with van der Waals surface area (Å²) in [5, 5.41) is 0. The van der Waals surface area contributed by atoms with Crippen LogP contribution in [0.2, 0.25) is 0 Å². The van der Waals surface area contributed by atoms with Gasteiger partial charge in [-0.2, -0.15) is 0 Å². The van der Waals surface area contributed by atoms with Gasteiger partial charge in [-0.25, -0.2) is 8.78 Å². The molecule has 5 rings (SSSR count). The molecule has 1 atom stereocenters. The minimum Gasteiger partial charge on any atom is -0.381 e. The fourth-order valence-electron chi connectivity index (χ4n) is 5.27. The second-order valence-corrected chi connectivity index (χ2v) is 9.11. The molecule has 174 valence electrons. The largest absolute Gasteiger partial charge is 0.381 e. The van der Waals surface area contributed by atoms with Gasteiger partial charge < -0.3 is 19.3 Å². The van der Waals surface area contributed by atoms with Gasteiger partial charge in [-0.1, -0.05) is 12.1 Å². The Morgan fingerprint density at radius 1 is 0.939 bits per heavy atom. The maximum Gasteiger partial charge on any atom is 0.253 e. The van der Waals surface area contributed by atoms with Crippen LogP contribution in [0.25, 0.3) is 0 Å². The van der Waals surface area contributed by atoms with E-state index < -0.39 is 11.0 Å². The van der Waals surface area contributed by atoms with E-state index >= 15 is 0 Å². The third-order valence-corrected chi connectivity index (χ3v) is 7.12. The van der Waals surface area contributed by atoms with E-state index in [1.165, 1.54) is 24.3 Å². The predicted octanol–water partition coefficient (Wildman–Crippen LogP) is 3.05. The minimum atomic E-state index is -0.840. The smallest absolute Gasteiger partial charge is 0.253 e. The van der Waals surface area contributed by atoms with E-state index in [0.717, 1.165) is 0 Å². The number of nitrogens with zero attached hydrogens (tertiary/aromatic N) is 2. The van der Waals surface area contributed by atoms with Gasteiger partial charge in [0.1, 0.15) is 23.8 Å². The van der Waals surface area contributed by atoms with Crippen LogP contribution in [-0.4, -0.2) is 61.8 Å². The van der Waals surface area contributed by atoms with Crippen molar-refractivity contribution < 1.29 is 27.8 Å². The summed E-state index contributed by atoms with van der Waals surface area (Å²) < 4.78 is 38.9. The minimum absolute atomic E-state index is 0.0536. The number of anilines is 1. The van der Waals surface area contributed by atoms with Crippen molar-refractivity contribution in [1.82, 2.24) is 4.90 Å². The summed E-state index contributed by atoms with van der Waals surface area (Å²) in [5.41, 5.74) is -0.252. The van der Waals surface area contributed by atoms with Crippen LogP contribution in [0.3, 0.4) is 0 Å². The zero-order valence-electron chi connectivity index (χ0n) is 18.3. The molecule has 6 nitrogen and oxygen atoms in total. The lowest BCUT2D eigenvalue weighted by molar-refractivity contribution is -0.144. The molecule has 8 heteroatoms. The monoisotopic (exact) mass is 456 g/mol. The predicted molar refractivity (Wildman–Crippen MR) is 117 cm³/mol. The van der Waals surface area contributed by atoms with Crippen LogP contribution in [0.1, 0.15) is 24.8 Å². The van der Waals surface area contributed by atoms with Crippen LogP contribution >= 0.6 is 0 Å². The molecular formula is C25H26F2N2O4. The summed E-state index contributed by atoms with van der Waals surface area (Å²) in [4.78, 5) is 29.8. The number of hydrogen-bond acceptors (Lipinski definition) is 4. The van der Waals surface area contributed by atoms with Gasteiger partial charge >= 0.3 is 0 Å². The van der Waals surface area contributed by atoms with E-state index in [4.69, 9.17) is 9.47 Å².